The van der Waals surface area contributed by atoms with E-state index in [0.29, 0.717) is 18.8 Å². The molecule has 31 heavy (non-hydrogen) atoms. The van der Waals surface area contributed by atoms with E-state index < -0.39 is 10.0 Å². The second-order valence-corrected chi connectivity index (χ2v) is 9.80. The number of hydrogen-bond acceptors (Lipinski definition) is 5. The molecule has 1 N–H and O–H groups in total. The number of nitrogens with one attached hydrogen (secondary N) is 1. The molecule has 0 spiro atoms. The molecular weight excluding hydrogens is 438 g/mol. The number of aryl methyl sites for hydroxylation is 1. The summed E-state index contributed by atoms with van der Waals surface area (Å²) < 4.78 is 29.1. The maximum absolute atomic E-state index is 12.9. The molecule has 164 valence electrons. The maximum Gasteiger partial charge on any atom is 0.246 e. The van der Waals surface area contributed by atoms with Crippen LogP contribution < -0.4 is 5.32 Å². The highest BCUT2D eigenvalue weighted by atomic mass is 35.5. The molecule has 3 aromatic rings. The van der Waals surface area contributed by atoms with Crippen LogP contribution in [0.2, 0.25) is 5.15 Å². The van der Waals surface area contributed by atoms with E-state index in [1.54, 1.807) is 6.07 Å². The summed E-state index contributed by atoms with van der Waals surface area (Å²) in [6, 6.07) is 10.8. The molecule has 1 aromatic carbocycles. The van der Waals surface area contributed by atoms with Gasteiger partial charge in [-0.2, -0.15) is 4.31 Å². The highest BCUT2D eigenvalue weighted by Crippen LogP contribution is 2.28. The van der Waals surface area contributed by atoms with Crippen molar-refractivity contribution < 1.29 is 13.2 Å². The van der Waals surface area contributed by atoms with Gasteiger partial charge in [-0.05, 0) is 43.5 Å². The van der Waals surface area contributed by atoms with E-state index in [9.17, 15) is 13.2 Å². The molecule has 0 atom stereocenters. The molecule has 1 aliphatic rings. The molecule has 3 heterocycles. The standard InChI is InChI=1S/C21H24ClN5O3S/c1-2-12-27-17-7-4-3-6-16(17)24-21(27)25-20(28)15-9-13-26(14-10-15)31(29,30)18-8-5-11-23-19(18)22/h3-8,11,15H,2,9-10,12-14H2,1H3,(H,24,25,28). The van der Waals surface area contributed by atoms with Crippen LogP contribution in [-0.2, 0) is 21.4 Å². The van der Waals surface area contributed by atoms with Gasteiger partial charge in [-0.25, -0.2) is 18.4 Å². The van der Waals surface area contributed by atoms with E-state index in [-0.39, 0.29) is 35.0 Å². The fourth-order valence-electron chi connectivity index (χ4n) is 3.89. The van der Waals surface area contributed by atoms with E-state index in [1.807, 2.05) is 28.8 Å². The Hall–Kier alpha value is -2.49. The average molecular weight is 462 g/mol. The van der Waals surface area contributed by atoms with Crippen LogP contribution in [0.15, 0.2) is 47.5 Å². The van der Waals surface area contributed by atoms with Crippen molar-refractivity contribution in [1.29, 1.82) is 0 Å². The maximum atomic E-state index is 12.9. The van der Waals surface area contributed by atoms with Crippen LogP contribution in [0.3, 0.4) is 0 Å². The normalized spacial score (nSPS) is 15.9. The van der Waals surface area contributed by atoms with Gasteiger partial charge in [-0.3, -0.25) is 10.1 Å². The Kier molecular flexibility index (Phi) is 6.27. The molecular formula is C21H24ClN5O3S. The van der Waals surface area contributed by atoms with E-state index in [1.165, 1.54) is 16.6 Å². The van der Waals surface area contributed by atoms with Crippen LogP contribution in [0.4, 0.5) is 5.95 Å². The molecule has 0 unspecified atom stereocenters. The number of carbonyl (C=O) groups excluding carboxylic acids is 1. The van der Waals surface area contributed by atoms with E-state index in [4.69, 9.17) is 11.6 Å². The quantitative estimate of drug-likeness (QED) is 0.566. The molecule has 0 bridgehead atoms. The minimum atomic E-state index is -3.74. The van der Waals surface area contributed by atoms with Crippen molar-refractivity contribution in [2.45, 2.75) is 37.6 Å². The summed E-state index contributed by atoms with van der Waals surface area (Å²) in [5, 5.41) is 2.92. The Morgan fingerprint density at radius 2 is 1.94 bits per heavy atom. The lowest BCUT2D eigenvalue weighted by molar-refractivity contribution is -0.121. The van der Waals surface area contributed by atoms with Crippen LogP contribution >= 0.6 is 11.6 Å². The zero-order chi connectivity index (χ0) is 22.0. The Bertz CT molecular complexity index is 1200. The molecule has 1 saturated heterocycles. The van der Waals surface area contributed by atoms with Crippen molar-refractivity contribution in [1.82, 2.24) is 18.8 Å². The Labute approximate surface area is 186 Å². The van der Waals surface area contributed by atoms with Crippen molar-refractivity contribution in [3.63, 3.8) is 0 Å². The summed E-state index contributed by atoms with van der Waals surface area (Å²) >= 11 is 5.98. The zero-order valence-electron chi connectivity index (χ0n) is 17.2. The third-order valence-corrected chi connectivity index (χ3v) is 7.85. The molecule has 0 radical (unpaired) electrons. The second kappa shape index (κ2) is 8.94. The van der Waals surface area contributed by atoms with E-state index >= 15 is 0 Å². The van der Waals surface area contributed by atoms with Crippen LogP contribution in [0.1, 0.15) is 26.2 Å². The zero-order valence-corrected chi connectivity index (χ0v) is 18.7. The van der Waals surface area contributed by atoms with Crippen molar-refractivity contribution >= 4 is 44.5 Å². The summed E-state index contributed by atoms with van der Waals surface area (Å²) in [7, 11) is -3.74. The van der Waals surface area contributed by atoms with Gasteiger partial charge in [0.2, 0.25) is 21.9 Å². The van der Waals surface area contributed by atoms with Crippen molar-refractivity contribution in [3.05, 3.63) is 47.7 Å². The molecule has 0 saturated carbocycles. The number of pyridine rings is 1. The number of para-hydroxylation sites is 2. The number of imidazole rings is 1. The highest BCUT2D eigenvalue weighted by molar-refractivity contribution is 7.89. The van der Waals surface area contributed by atoms with Crippen molar-refractivity contribution in [2.75, 3.05) is 18.4 Å². The van der Waals surface area contributed by atoms with Gasteiger partial charge in [-0.15, -0.1) is 0 Å². The number of piperidine rings is 1. The van der Waals surface area contributed by atoms with Gasteiger partial charge >= 0.3 is 0 Å². The molecule has 8 nitrogen and oxygen atoms in total. The lowest BCUT2D eigenvalue weighted by atomic mass is 9.97. The van der Waals surface area contributed by atoms with Gasteiger partial charge in [0.05, 0.1) is 11.0 Å². The first-order chi connectivity index (χ1) is 14.9. The lowest BCUT2D eigenvalue weighted by Gasteiger charge is -2.30. The fraction of sp³-hybridized carbons (Fsp3) is 0.381. The summed E-state index contributed by atoms with van der Waals surface area (Å²) in [5.74, 6) is 0.111. The lowest BCUT2D eigenvalue weighted by Crippen LogP contribution is -2.41. The number of halogens is 1. The van der Waals surface area contributed by atoms with Crippen LogP contribution in [-0.4, -0.2) is 46.3 Å². The van der Waals surface area contributed by atoms with Gasteiger partial charge in [0.25, 0.3) is 0 Å². The van der Waals surface area contributed by atoms with Gasteiger partial charge < -0.3 is 4.57 Å². The second-order valence-electron chi connectivity index (χ2n) is 7.54. The van der Waals surface area contributed by atoms with Crippen LogP contribution in [0.25, 0.3) is 11.0 Å². The molecule has 0 aliphatic carbocycles. The Balaban J connectivity index is 1.45. The van der Waals surface area contributed by atoms with E-state index in [2.05, 4.69) is 22.2 Å². The molecule has 2 aromatic heterocycles. The number of nitrogens with zero attached hydrogens (tertiary/aromatic N) is 4. The first kappa shape index (κ1) is 21.7. The number of anilines is 1. The largest absolute Gasteiger partial charge is 0.310 e. The number of benzene rings is 1. The smallest absolute Gasteiger partial charge is 0.246 e. The summed E-state index contributed by atoms with van der Waals surface area (Å²) in [6.45, 7) is 3.32. The number of sulfonamides is 1. The minimum Gasteiger partial charge on any atom is -0.310 e. The molecule has 4 rings (SSSR count). The summed E-state index contributed by atoms with van der Waals surface area (Å²) in [5.41, 5.74) is 1.81. The van der Waals surface area contributed by atoms with Crippen molar-refractivity contribution in [3.8, 4) is 0 Å². The molecule has 1 amide bonds. The van der Waals surface area contributed by atoms with Gasteiger partial charge in [-0.1, -0.05) is 30.7 Å². The fourth-order valence-corrected chi connectivity index (χ4v) is 5.79. The third kappa shape index (κ3) is 4.30. The molecule has 1 aliphatic heterocycles. The number of amides is 1. The first-order valence-electron chi connectivity index (χ1n) is 10.3. The molecule has 1 fully saturated rings. The number of rotatable bonds is 6. The van der Waals surface area contributed by atoms with E-state index in [0.717, 1.165) is 24.0 Å². The number of carbonyl (C=O) groups is 1. The average Bonchev–Trinajstić information content (AvgIpc) is 3.11. The summed E-state index contributed by atoms with van der Waals surface area (Å²) in [4.78, 5) is 21.3. The first-order valence-corrected chi connectivity index (χ1v) is 12.1. The minimum absolute atomic E-state index is 0.00662. The third-order valence-electron chi connectivity index (χ3n) is 5.50. The highest BCUT2D eigenvalue weighted by Gasteiger charge is 2.33. The number of aromatic nitrogens is 3. The predicted octanol–water partition coefficient (Wildman–Crippen LogP) is 3.53. The Morgan fingerprint density at radius 3 is 2.65 bits per heavy atom. The molecule has 10 heteroatoms. The number of hydrogen-bond donors (Lipinski definition) is 1. The predicted molar refractivity (Wildman–Crippen MR) is 119 cm³/mol. The van der Waals surface area contributed by atoms with Crippen molar-refractivity contribution in [2.24, 2.45) is 5.92 Å². The van der Waals surface area contributed by atoms with Gasteiger partial charge in [0.15, 0.2) is 0 Å². The Morgan fingerprint density at radius 1 is 1.19 bits per heavy atom. The topological polar surface area (TPSA) is 97.2 Å². The van der Waals surface area contributed by atoms with Crippen LogP contribution in [0, 0.1) is 5.92 Å². The van der Waals surface area contributed by atoms with Gasteiger partial charge in [0.1, 0.15) is 10.0 Å². The SMILES string of the molecule is CCCn1c(NC(=O)C2CCN(S(=O)(=O)c3cccnc3Cl)CC2)nc2ccccc21. The summed E-state index contributed by atoms with van der Waals surface area (Å²) in [6.07, 6.45) is 3.22. The number of fused-ring (bicyclic) bond motifs is 1. The van der Waals surface area contributed by atoms with Crippen LogP contribution in [0.5, 0.6) is 0 Å². The van der Waals surface area contributed by atoms with Gasteiger partial charge in [0, 0.05) is 31.7 Å². The monoisotopic (exact) mass is 461 g/mol.